The molecule has 1 aromatic heterocycles. The molecule has 0 atom stereocenters. The second-order valence-corrected chi connectivity index (χ2v) is 8.77. The van der Waals surface area contributed by atoms with Gasteiger partial charge in [0.2, 0.25) is 11.9 Å². The predicted octanol–water partition coefficient (Wildman–Crippen LogP) is 5.26. The van der Waals surface area contributed by atoms with Gasteiger partial charge >= 0.3 is 0 Å². The highest BCUT2D eigenvalue weighted by Gasteiger charge is 2.55. The zero-order chi connectivity index (χ0) is 26.6. The molecule has 37 heavy (non-hydrogen) atoms. The molecule has 0 unspecified atom stereocenters. The summed E-state index contributed by atoms with van der Waals surface area (Å²) in [5, 5.41) is 5.58. The van der Waals surface area contributed by atoms with Crippen molar-refractivity contribution in [2.24, 2.45) is 5.41 Å². The van der Waals surface area contributed by atoms with Gasteiger partial charge in [-0.05, 0) is 48.6 Å². The fraction of sp³-hybridized carbons (Fsp3) is 0.296. The topological polar surface area (TPSA) is 85.4 Å². The molecule has 0 saturated heterocycles. The number of aromatic nitrogens is 2. The van der Waals surface area contributed by atoms with Crippen LogP contribution in [0.4, 0.5) is 19.1 Å². The lowest BCUT2D eigenvalue weighted by molar-refractivity contribution is -0.119. The van der Waals surface area contributed by atoms with Crippen LogP contribution in [0.15, 0.2) is 78.3 Å². The second kappa shape index (κ2) is 10.9. The van der Waals surface area contributed by atoms with E-state index in [1.165, 1.54) is 25.3 Å². The van der Waals surface area contributed by atoms with Gasteiger partial charge in [-0.2, -0.15) is 0 Å². The van der Waals surface area contributed by atoms with Crippen LogP contribution >= 0.6 is 0 Å². The van der Waals surface area contributed by atoms with Crippen molar-refractivity contribution in [3.63, 3.8) is 0 Å². The van der Waals surface area contributed by atoms with E-state index in [1.807, 2.05) is 12.2 Å². The molecule has 1 fully saturated rings. The Kier molecular flexibility index (Phi) is 7.66. The number of anilines is 1. The molecule has 1 heterocycles. The summed E-state index contributed by atoms with van der Waals surface area (Å²) < 4.78 is 51.9. The molecule has 0 bridgehead atoms. The van der Waals surface area contributed by atoms with Gasteiger partial charge in [-0.1, -0.05) is 24.8 Å². The largest absolute Gasteiger partial charge is 0.500 e. The summed E-state index contributed by atoms with van der Waals surface area (Å²) in [5.74, 6) is 0.0556. The average molecular weight is 513 g/mol. The van der Waals surface area contributed by atoms with Gasteiger partial charge in [-0.3, -0.25) is 4.79 Å². The maximum absolute atomic E-state index is 14.8. The Morgan fingerprint density at radius 2 is 1.92 bits per heavy atom. The summed E-state index contributed by atoms with van der Waals surface area (Å²) in [6.07, 6.45) is 6.85. The Bertz CT molecular complexity index is 1280. The number of halogens is 3. The van der Waals surface area contributed by atoms with Gasteiger partial charge in [0.15, 0.2) is 0 Å². The van der Waals surface area contributed by atoms with Crippen molar-refractivity contribution in [3.05, 3.63) is 89.7 Å². The monoisotopic (exact) mass is 512 g/mol. The molecular formula is C27H27F3N4O3. The quantitative estimate of drug-likeness (QED) is 0.316. The van der Waals surface area contributed by atoms with Gasteiger partial charge in [-0.15, -0.1) is 0 Å². The van der Waals surface area contributed by atoms with Crippen molar-refractivity contribution in [2.75, 3.05) is 19.5 Å². The van der Waals surface area contributed by atoms with Crippen molar-refractivity contribution in [2.45, 2.75) is 32.1 Å². The number of nitrogens with one attached hydrogen (secondary N) is 2. The minimum Gasteiger partial charge on any atom is -0.500 e. The Hall–Kier alpha value is -4.08. The molecular weight excluding hydrogens is 485 g/mol. The third-order valence-electron chi connectivity index (χ3n) is 6.27. The number of hydrogen-bond donors (Lipinski definition) is 2. The maximum atomic E-state index is 14.8. The van der Waals surface area contributed by atoms with Crippen LogP contribution in [0, 0.1) is 11.2 Å². The zero-order valence-electron chi connectivity index (χ0n) is 20.5. The van der Waals surface area contributed by atoms with Gasteiger partial charge in [0.05, 0.1) is 31.8 Å². The summed E-state index contributed by atoms with van der Waals surface area (Å²) in [6, 6.07) is 4.47. The zero-order valence-corrected chi connectivity index (χ0v) is 20.5. The van der Waals surface area contributed by atoms with Crippen LogP contribution in [0.3, 0.4) is 0 Å². The van der Waals surface area contributed by atoms with Crippen LogP contribution in [0.2, 0.25) is 0 Å². The summed E-state index contributed by atoms with van der Waals surface area (Å²) in [4.78, 5) is 21.0. The van der Waals surface area contributed by atoms with E-state index in [4.69, 9.17) is 9.47 Å². The van der Waals surface area contributed by atoms with Gasteiger partial charge < -0.3 is 20.1 Å². The molecule has 1 saturated carbocycles. The molecule has 0 spiro atoms. The van der Waals surface area contributed by atoms with E-state index in [0.717, 1.165) is 12.1 Å². The highest BCUT2D eigenvalue weighted by molar-refractivity contribution is 5.81. The van der Waals surface area contributed by atoms with Crippen molar-refractivity contribution >= 4 is 11.9 Å². The van der Waals surface area contributed by atoms with Gasteiger partial charge in [0.1, 0.15) is 17.3 Å². The molecule has 2 aliphatic carbocycles. The van der Waals surface area contributed by atoms with Crippen molar-refractivity contribution < 1.29 is 27.4 Å². The van der Waals surface area contributed by atoms with Crippen LogP contribution in [0.5, 0.6) is 0 Å². The Morgan fingerprint density at radius 1 is 1.19 bits per heavy atom. The minimum absolute atomic E-state index is 0.0716. The van der Waals surface area contributed by atoms with E-state index in [9.17, 15) is 18.0 Å². The number of carbonyl (C=O) groups is 1. The second-order valence-electron chi connectivity index (χ2n) is 8.77. The molecule has 10 heteroatoms. The molecule has 2 aliphatic rings. The number of methoxy groups -OCH3 is 2. The number of nitrogens with zero attached hydrogens (tertiary/aromatic N) is 2. The smallest absolute Gasteiger partial charge is 0.251 e. The Morgan fingerprint density at radius 3 is 2.51 bits per heavy atom. The summed E-state index contributed by atoms with van der Waals surface area (Å²) in [7, 11) is 2.89. The number of hydrogen-bond acceptors (Lipinski definition) is 6. The van der Waals surface area contributed by atoms with Crippen LogP contribution in [0.1, 0.15) is 24.8 Å². The third kappa shape index (κ3) is 5.84. The van der Waals surface area contributed by atoms with E-state index in [-0.39, 0.29) is 23.4 Å². The first-order valence-electron chi connectivity index (χ1n) is 11.6. The first-order valence-corrected chi connectivity index (χ1v) is 11.6. The molecule has 0 aliphatic heterocycles. The molecule has 4 rings (SSSR count). The van der Waals surface area contributed by atoms with E-state index in [1.54, 1.807) is 25.6 Å². The van der Waals surface area contributed by atoms with Crippen LogP contribution in [-0.2, 0) is 20.7 Å². The standard InChI is InChI=1S/C27H27F3N4O3/c1-16(11-23(37-3)27(9-10-27)25(29)30)33-24(35)13-18-8-7-17(12-20(18)28)19-14-31-26(32-15-19)34-21-5-4-6-22(21)36-2/h5-8,11-12,14-15,25H,1,4,9-10,13H2,2-3H3,(H,33,35)(H,31,32,34)/b23-11-. The van der Waals surface area contributed by atoms with Crippen LogP contribution < -0.4 is 10.6 Å². The minimum atomic E-state index is -2.57. The number of benzene rings is 1. The molecule has 0 radical (unpaired) electrons. The van der Waals surface area contributed by atoms with Gasteiger partial charge in [0.25, 0.3) is 6.43 Å². The number of ether oxygens (including phenoxy) is 2. The fourth-order valence-corrected chi connectivity index (χ4v) is 4.04. The predicted molar refractivity (Wildman–Crippen MR) is 133 cm³/mol. The summed E-state index contributed by atoms with van der Waals surface area (Å²) >= 11 is 0. The van der Waals surface area contributed by atoms with E-state index in [2.05, 4.69) is 27.2 Å². The normalized spacial score (nSPS) is 16.1. The molecule has 2 aromatic rings. The van der Waals surface area contributed by atoms with E-state index in [0.29, 0.717) is 35.7 Å². The summed E-state index contributed by atoms with van der Waals surface area (Å²) in [5.41, 5.74) is 0.869. The highest BCUT2D eigenvalue weighted by Crippen LogP contribution is 2.56. The SMILES string of the molecule is C=C(/C=C(\OC)C1(C(F)F)CC1)NC(=O)Cc1ccc(-c2cnc(NC3=CCC=C3OC)nc2)cc1F. The lowest BCUT2D eigenvalue weighted by Gasteiger charge is -2.18. The first kappa shape index (κ1) is 26.0. The Labute approximate surface area is 212 Å². The first-order chi connectivity index (χ1) is 17.8. The Balaban J connectivity index is 1.37. The average Bonchev–Trinajstić information content (AvgIpc) is 3.57. The van der Waals surface area contributed by atoms with Crippen LogP contribution in [0.25, 0.3) is 11.1 Å². The van der Waals surface area contributed by atoms with Crippen LogP contribution in [-0.4, -0.2) is 36.5 Å². The van der Waals surface area contributed by atoms with Crippen molar-refractivity contribution in [1.29, 1.82) is 0 Å². The van der Waals surface area contributed by atoms with E-state index >= 15 is 0 Å². The molecule has 1 aromatic carbocycles. The number of amides is 1. The number of carbonyl (C=O) groups excluding carboxylic acids is 1. The lowest BCUT2D eigenvalue weighted by atomic mass is 10.0. The van der Waals surface area contributed by atoms with Gasteiger partial charge in [0, 0.05) is 23.7 Å². The fourth-order valence-electron chi connectivity index (χ4n) is 4.04. The van der Waals surface area contributed by atoms with Crippen molar-refractivity contribution in [3.8, 4) is 11.1 Å². The number of allylic oxidation sites excluding steroid dienone is 4. The summed E-state index contributed by atoms with van der Waals surface area (Å²) in [6.45, 7) is 3.69. The lowest BCUT2D eigenvalue weighted by Crippen LogP contribution is -2.25. The highest BCUT2D eigenvalue weighted by atomic mass is 19.3. The molecule has 2 N–H and O–H groups in total. The maximum Gasteiger partial charge on any atom is 0.251 e. The molecule has 194 valence electrons. The van der Waals surface area contributed by atoms with Gasteiger partial charge in [-0.25, -0.2) is 23.1 Å². The molecule has 7 nitrogen and oxygen atoms in total. The third-order valence-corrected chi connectivity index (χ3v) is 6.27. The van der Waals surface area contributed by atoms with Crippen molar-refractivity contribution in [1.82, 2.24) is 15.3 Å². The number of rotatable bonds is 11. The van der Waals surface area contributed by atoms with E-state index < -0.39 is 23.6 Å². The molecule has 1 amide bonds. The number of alkyl halides is 2.